The van der Waals surface area contributed by atoms with Gasteiger partial charge in [0.05, 0.1) is 0 Å². The van der Waals surface area contributed by atoms with Gasteiger partial charge in [-0.15, -0.1) is 0 Å². The van der Waals surface area contributed by atoms with Crippen LogP contribution in [-0.2, 0) is 13.7 Å². The molecule has 0 unspecified atom stereocenters. The maximum Gasteiger partial charge on any atom is 0.458 e. The highest BCUT2D eigenvalue weighted by molar-refractivity contribution is 6.78. The van der Waals surface area contributed by atoms with Crippen molar-refractivity contribution in [2.75, 3.05) is 0 Å². The molecule has 78 valence electrons. The van der Waals surface area contributed by atoms with Crippen molar-refractivity contribution in [1.29, 1.82) is 0 Å². The summed E-state index contributed by atoms with van der Waals surface area (Å²) in [6.07, 6.45) is 5.69. The zero-order valence-electron chi connectivity index (χ0n) is 9.42. The fourth-order valence-electron chi connectivity index (χ4n) is 1.24. The summed E-state index contributed by atoms with van der Waals surface area (Å²) in [6, 6.07) is 0. The molecule has 1 aliphatic heterocycles. The lowest BCUT2D eigenvalue weighted by molar-refractivity contribution is 0.306. The molecule has 1 rings (SSSR count). The molecule has 0 N–H and O–H groups in total. The third-order valence-corrected chi connectivity index (χ3v) is 1.85. The molecule has 1 fully saturated rings. The van der Waals surface area contributed by atoms with E-state index in [-0.39, 0.29) is 21.4 Å². The van der Waals surface area contributed by atoms with E-state index < -0.39 is 0 Å². The van der Waals surface area contributed by atoms with Gasteiger partial charge in [-0.2, -0.15) is 0 Å². The van der Waals surface area contributed by atoms with Crippen molar-refractivity contribution in [2.45, 2.75) is 20.8 Å². The summed E-state index contributed by atoms with van der Waals surface area (Å²) in [5.41, 5.74) is 0. The van der Waals surface area contributed by atoms with Gasteiger partial charge in [0.1, 0.15) is 0 Å². The van der Waals surface area contributed by atoms with Crippen molar-refractivity contribution < 1.29 is 13.7 Å². The van der Waals surface area contributed by atoms with Crippen LogP contribution in [0.5, 0.6) is 0 Å². The largest absolute Gasteiger partial charge is 0.458 e. The van der Waals surface area contributed by atoms with Crippen LogP contribution in [0.3, 0.4) is 0 Å². The number of rotatable bonds is 3. The van der Waals surface area contributed by atoms with E-state index in [4.69, 9.17) is 13.7 Å². The molecule has 0 aromatic rings. The van der Waals surface area contributed by atoms with Crippen molar-refractivity contribution in [3.63, 3.8) is 0 Å². The van der Waals surface area contributed by atoms with Gasteiger partial charge in [-0.1, -0.05) is 36.2 Å². The average Bonchev–Trinajstić information content (AvgIpc) is 2.19. The Bertz CT molecular complexity index is 217. The van der Waals surface area contributed by atoms with E-state index in [1.165, 1.54) is 0 Å². The molecule has 6 heteroatoms. The summed E-state index contributed by atoms with van der Waals surface area (Å²) in [7, 11) is -1.02. The van der Waals surface area contributed by atoms with Crippen LogP contribution in [0.2, 0.25) is 0 Å². The first kappa shape index (κ1) is 12.4. The van der Waals surface area contributed by atoms with Crippen LogP contribution in [0.15, 0.2) is 36.2 Å². The van der Waals surface area contributed by atoms with Gasteiger partial charge in [0, 0.05) is 0 Å². The first-order valence-corrected chi connectivity index (χ1v) is 5.15. The quantitative estimate of drug-likeness (QED) is 0.656. The minimum absolute atomic E-state index is 0.342. The highest BCUT2D eigenvalue weighted by Gasteiger charge is 2.36. The van der Waals surface area contributed by atoms with Crippen molar-refractivity contribution >= 4 is 21.4 Å². The summed E-state index contributed by atoms with van der Waals surface area (Å²) in [6.45, 7) is 5.78. The molecule has 1 saturated heterocycles. The highest BCUT2D eigenvalue weighted by Crippen LogP contribution is 2.10. The molecule has 1 aliphatic rings. The fourth-order valence-corrected chi connectivity index (χ4v) is 1.24. The molecule has 15 heavy (non-hydrogen) atoms. The number of allylic oxidation sites excluding steroid dienone is 3. The van der Waals surface area contributed by atoms with Crippen LogP contribution in [0, 0.1) is 0 Å². The van der Waals surface area contributed by atoms with Crippen LogP contribution >= 0.6 is 0 Å². The molecule has 0 radical (unpaired) electrons. The van der Waals surface area contributed by atoms with Gasteiger partial charge in [-0.05, 0) is 20.8 Å². The Labute approximate surface area is 92.6 Å². The Morgan fingerprint density at radius 1 is 0.600 bits per heavy atom. The molecule has 0 bridgehead atoms. The molecule has 0 aromatic carbocycles. The first-order chi connectivity index (χ1) is 7.30. The average molecular weight is 204 g/mol. The number of hydrogen-bond acceptors (Lipinski definition) is 3. The Morgan fingerprint density at radius 2 is 0.867 bits per heavy atom. The van der Waals surface area contributed by atoms with Gasteiger partial charge >= 0.3 is 21.4 Å². The van der Waals surface area contributed by atoms with Gasteiger partial charge in [0.2, 0.25) is 0 Å². The summed E-state index contributed by atoms with van der Waals surface area (Å²) < 4.78 is 16.5. The smallest absolute Gasteiger partial charge is 0.445 e. The lowest BCUT2D eigenvalue weighted by Crippen LogP contribution is -2.46. The van der Waals surface area contributed by atoms with Crippen LogP contribution < -0.4 is 0 Å². The van der Waals surface area contributed by atoms with E-state index in [0.717, 1.165) is 0 Å². The van der Waals surface area contributed by atoms with E-state index in [1.807, 2.05) is 56.9 Å². The third-order valence-electron chi connectivity index (χ3n) is 1.85. The van der Waals surface area contributed by atoms with Crippen LogP contribution in [0.4, 0.5) is 0 Å². The van der Waals surface area contributed by atoms with Crippen molar-refractivity contribution in [3.8, 4) is 0 Å². The topological polar surface area (TPSA) is 27.7 Å². The fraction of sp³-hybridized carbons (Fsp3) is 0.333. The lowest BCUT2D eigenvalue weighted by atomic mass is 9.69. The van der Waals surface area contributed by atoms with E-state index in [9.17, 15) is 0 Å². The second-order valence-electron chi connectivity index (χ2n) is 3.09. The normalized spacial score (nSPS) is 19.0. The van der Waals surface area contributed by atoms with Crippen LogP contribution in [0.1, 0.15) is 20.8 Å². The van der Waals surface area contributed by atoms with Gasteiger partial charge in [0.25, 0.3) is 0 Å². The minimum Gasteiger partial charge on any atom is -0.445 e. The summed E-state index contributed by atoms with van der Waals surface area (Å²) in [5, 5.41) is 0. The highest BCUT2D eigenvalue weighted by atomic mass is 16.7. The molecular weight excluding hydrogens is 189 g/mol. The molecule has 0 saturated carbocycles. The molecule has 0 spiro atoms. The molecule has 3 nitrogen and oxygen atoms in total. The molecular formula is C9H15B3O3. The van der Waals surface area contributed by atoms with E-state index >= 15 is 0 Å². The molecule has 0 aliphatic carbocycles. The Hall–Kier alpha value is -0.705. The Morgan fingerprint density at radius 3 is 1.07 bits per heavy atom. The zero-order chi connectivity index (χ0) is 11.1. The van der Waals surface area contributed by atoms with Crippen molar-refractivity contribution in [3.05, 3.63) is 36.2 Å². The van der Waals surface area contributed by atoms with Gasteiger partial charge in [-0.3, -0.25) is 0 Å². The Kier molecular flexibility index (Phi) is 5.54. The Balaban J connectivity index is 2.63. The molecule has 1 heterocycles. The monoisotopic (exact) mass is 204 g/mol. The molecule has 0 amide bonds. The predicted molar refractivity (Wildman–Crippen MR) is 65.0 cm³/mol. The molecule has 0 aromatic heterocycles. The maximum atomic E-state index is 5.49. The second kappa shape index (κ2) is 6.72. The van der Waals surface area contributed by atoms with E-state index in [0.29, 0.717) is 0 Å². The standard InChI is InChI=1S/C9H15B3O3/c1-4-7-10-13-11(8-5-2)15-12(14-10)9-6-3/h4-9H,1-3H3/b7-4-,8-5+,9-6+. The summed E-state index contributed by atoms with van der Waals surface area (Å²) in [4.78, 5) is 0. The van der Waals surface area contributed by atoms with Crippen molar-refractivity contribution in [1.82, 2.24) is 0 Å². The predicted octanol–water partition coefficient (Wildman–Crippen LogP) is 1.86. The maximum absolute atomic E-state index is 5.49. The number of hydrogen-bond donors (Lipinski definition) is 0. The van der Waals surface area contributed by atoms with Gasteiger partial charge in [0.15, 0.2) is 0 Å². The van der Waals surface area contributed by atoms with Crippen LogP contribution in [0.25, 0.3) is 0 Å². The summed E-state index contributed by atoms with van der Waals surface area (Å²) in [5.74, 6) is 5.57. The van der Waals surface area contributed by atoms with Crippen molar-refractivity contribution in [2.24, 2.45) is 0 Å². The minimum atomic E-state index is -0.342. The van der Waals surface area contributed by atoms with E-state index in [1.54, 1.807) is 0 Å². The second-order valence-corrected chi connectivity index (χ2v) is 3.09. The van der Waals surface area contributed by atoms with Gasteiger partial charge in [-0.25, -0.2) is 0 Å². The van der Waals surface area contributed by atoms with Gasteiger partial charge < -0.3 is 13.7 Å². The third kappa shape index (κ3) is 4.12. The molecule has 0 atom stereocenters. The van der Waals surface area contributed by atoms with E-state index in [2.05, 4.69) is 0 Å². The summed E-state index contributed by atoms with van der Waals surface area (Å²) >= 11 is 0. The van der Waals surface area contributed by atoms with Crippen LogP contribution in [-0.4, -0.2) is 21.4 Å². The zero-order valence-corrected chi connectivity index (χ0v) is 9.42. The first-order valence-electron chi connectivity index (χ1n) is 5.15. The SMILES string of the molecule is C/C=C\B1OB(/C=C/C)OB(/C=C/C)O1. The lowest BCUT2D eigenvalue weighted by Gasteiger charge is -2.26.